The maximum Gasteiger partial charge on any atom is 0.166 e. The van der Waals surface area contributed by atoms with Crippen molar-refractivity contribution in [3.05, 3.63) is 35.9 Å². The minimum atomic E-state index is 0.625. The summed E-state index contributed by atoms with van der Waals surface area (Å²) < 4.78 is 0. The molecule has 1 aromatic carbocycles. The smallest absolute Gasteiger partial charge is 0.166 e. The molecule has 0 aliphatic heterocycles. The van der Waals surface area contributed by atoms with Gasteiger partial charge in [-0.25, -0.2) is 0 Å². The molecule has 0 unspecified atom stereocenters. The molecule has 2 aliphatic carbocycles. The second-order valence-corrected chi connectivity index (χ2v) is 6.00. The van der Waals surface area contributed by atoms with Gasteiger partial charge in [0, 0.05) is 12.6 Å². The van der Waals surface area contributed by atoms with Crippen molar-refractivity contribution >= 4 is 17.3 Å². The van der Waals surface area contributed by atoms with Gasteiger partial charge in [0.25, 0.3) is 0 Å². The SMILES string of the molecule is S=C(NCc1ccccc1)N[C@@H]1C[C@@H]2CC[C@H]1C2. The lowest BCUT2D eigenvalue weighted by Gasteiger charge is -2.24. The first-order valence-electron chi connectivity index (χ1n) is 6.89. The first kappa shape index (κ1) is 12.0. The molecular weight excluding hydrogens is 240 g/mol. The van der Waals surface area contributed by atoms with Gasteiger partial charge in [-0.2, -0.15) is 0 Å². The second kappa shape index (κ2) is 5.27. The normalized spacial score (nSPS) is 29.2. The maximum absolute atomic E-state index is 5.38. The standard InChI is InChI=1S/C15H20N2S/c18-15(16-10-11-4-2-1-3-5-11)17-14-9-12-6-7-13(14)8-12/h1-5,12-14H,6-10H2,(H2,16,17,18)/t12-,13+,14-/m1/s1. The molecule has 0 heterocycles. The molecule has 3 heteroatoms. The summed E-state index contributed by atoms with van der Waals surface area (Å²) in [5.41, 5.74) is 1.27. The monoisotopic (exact) mass is 260 g/mol. The van der Waals surface area contributed by atoms with E-state index in [-0.39, 0.29) is 0 Å². The van der Waals surface area contributed by atoms with Crippen molar-refractivity contribution in [3.8, 4) is 0 Å². The molecule has 0 aromatic heterocycles. The zero-order valence-corrected chi connectivity index (χ0v) is 11.4. The Bertz CT molecular complexity index is 418. The third-order valence-corrected chi connectivity index (χ3v) is 4.61. The Morgan fingerprint density at radius 3 is 2.67 bits per heavy atom. The molecule has 3 rings (SSSR count). The van der Waals surface area contributed by atoms with Gasteiger partial charge in [-0.3, -0.25) is 0 Å². The summed E-state index contributed by atoms with van der Waals surface area (Å²) >= 11 is 5.38. The highest BCUT2D eigenvalue weighted by molar-refractivity contribution is 7.80. The van der Waals surface area contributed by atoms with Gasteiger partial charge in [-0.15, -0.1) is 0 Å². The number of fused-ring (bicyclic) bond motifs is 2. The molecule has 2 bridgehead atoms. The Kier molecular flexibility index (Phi) is 3.50. The number of nitrogens with one attached hydrogen (secondary N) is 2. The minimum absolute atomic E-state index is 0.625. The van der Waals surface area contributed by atoms with E-state index in [1.54, 1.807) is 0 Å². The topological polar surface area (TPSA) is 24.1 Å². The Hall–Kier alpha value is -1.09. The van der Waals surface area contributed by atoms with Gasteiger partial charge in [0.2, 0.25) is 0 Å². The van der Waals surface area contributed by atoms with Gasteiger partial charge in [0.1, 0.15) is 0 Å². The summed E-state index contributed by atoms with van der Waals surface area (Å²) in [6.45, 7) is 0.813. The quantitative estimate of drug-likeness (QED) is 0.817. The molecule has 0 radical (unpaired) electrons. The van der Waals surface area contributed by atoms with Crippen LogP contribution in [0.1, 0.15) is 31.2 Å². The van der Waals surface area contributed by atoms with Crippen molar-refractivity contribution in [2.24, 2.45) is 11.8 Å². The Labute approximate surface area is 114 Å². The van der Waals surface area contributed by atoms with Gasteiger partial charge in [-0.1, -0.05) is 36.8 Å². The number of thiocarbonyl (C=S) groups is 1. The second-order valence-electron chi connectivity index (χ2n) is 5.59. The molecule has 0 spiro atoms. The average molecular weight is 260 g/mol. The summed E-state index contributed by atoms with van der Waals surface area (Å²) in [4.78, 5) is 0. The van der Waals surface area contributed by atoms with Gasteiger partial charge in [0.15, 0.2) is 5.11 Å². The summed E-state index contributed by atoms with van der Waals surface area (Å²) in [6, 6.07) is 11.0. The van der Waals surface area contributed by atoms with Crippen LogP contribution >= 0.6 is 12.2 Å². The number of rotatable bonds is 3. The Morgan fingerprint density at radius 2 is 2.00 bits per heavy atom. The zero-order valence-electron chi connectivity index (χ0n) is 10.6. The molecule has 18 heavy (non-hydrogen) atoms. The fourth-order valence-corrected chi connectivity index (χ4v) is 3.64. The largest absolute Gasteiger partial charge is 0.360 e. The average Bonchev–Trinajstić information content (AvgIpc) is 3.00. The predicted molar refractivity (Wildman–Crippen MR) is 78.3 cm³/mol. The van der Waals surface area contributed by atoms with E-state index in [0.29, 0.717) is 6.04 Å². The molecule has 2 aliphatic rings. The summed E-state index contributed by atoms with van der Waals surface area (Å²) in [6.07, 6.45) is 5.56. The van der Waals surface area contributed by atoms with Crippen molar-refractivity contribution in [1.29, 1.82) is 0 Å². The van der Waals surface area contributed by atoms with E-state index in [9.17, 15) is 0 Å². The third kappa shape index (κ3) is 2.66. The molecular formula is C15H20N2S. The Balaban J connectivity index is 1.45. The van der Waals surface area contributed by atoms with E-state index in [2.05, 4.69) is 34.9 Å². The van der Waals surface area contributed by atoms with E-state index in [0.717, 1.165) is 23.5 Å². The molecule has 96 valence electrons. The molecule has 1 aromatic rings. The van der Waals surface area contributed by atoms with Crippen LogP contribution in [0.5, 0.6) is 0 Å². The van der Waals surface area contributed by atoms with Crippen LogP contribution in [0.4, 0.5) is 0 Å². The highest BCUT2D eigenvalue weighted by atomic mass is 32.1. The van der Waals surface area contributed by atoms with E-state index in [1.807, 2.05) is 6.07 Å². The van der Waals surface area contributed by atoms with Gasteiger partial charge >= 0.3 is 0 Å². The first-order chi connectivity index (χ1) is 8.81. The molecule has 2 nitrogen and oxygen atoms in total. The fourth-order valence-electron chi connectivity index (χ4n) is 3.42. The van der Waals surface area contributed by atoms with Crippen LogP contribution in [-0.4, -0.2) is 11.2 Å². The van der Waals surface area contributed by atoms with Crippen LogP contribution in [0.15, 0.2) is 30.3 Å². The molecule has 2 fully saturated rings. The lowest BCUT2D eigenvalue weighted by molar-refractivity contribution is 0.389. The van der Waals surface area contributed by atoms with Crippen molar-refractivity contribution in [2.75, 3.05) is 0 Å². The van der Waals surface area contributed by atoms with Gasteiger partial charge in [-0.05, 0) is 48.9 Å². The van der Waals surface area contributed by atoms with Gasteiger partial charge in [0.05, 0.1) is 0 Å². The van der Waals surface area contributed by atoms with Crippen molar-refractivity contribution in [3.63, 3.8) is 0 Å². The summed E-state index contributed by atoms with van der Waals surface area (Å²) in [5.74, 6) is 1.83. The molecule has 2 saturated carbocycles. The third-order valence-electron chi connectivity index (χ3n) is 4.35. The molecule has 3 atom stereocenters. The number of benzene rings is 1. The molecule has 0 amide bonds. The van der Waals surface area contributed by atoms with E-state index >= 15 is 0 Å². The number of hydrogen-bond acceptors (Lipinski definition) is 1. The van der Waals surface area contributed by atoms with Crippen LogP contribution in [0.3, 0.4) is 0 Å². The van der Waals surface area contributed by atoms with Crippen LogP contribution in [0, 0.1) is 11.8 Å². The van der Waals surface area contributed by atoms with Crippen molar-refractivity contribution in [2.45, 2.75) is 38.3 Å². The van der Waals surface area contributed by atoms with E-state index in [1.165, 1.54) is 31.2 Å². The highest BCUT2D eigenvalue weighted by Crippen LogP contribution is 2.44. The zero-order chi connectivity index (χ0) is 12.4. The lowest BCUT2D eigenvalue weighted by Crippen LogP contribution is -2.43. The molecule has 2 N–H and O–H groups in total. The van der Waals surface area contributed by atoms with Crippen molar-refractivity contribution in [1.82, 2.24) is 10.6 Å². The predicted octanol–water partition coefficient (Wildman–Crippen LogP) is 2.84. The number of hydrogen-bond donors (Lipinski definition) is 2. The summed E-state index contributed by atoms with van der Waals surface area (Å²) in [7, 11) is 0. The van der Waals surface area contributed by atoms with Crippen LogP contribution < -0.4 is 10.6 Å². The lowest BCUT2D eigenvalue weighted by atomic mass is 9.96. The Morgan fingerprint density at radius 1 is 1.17 bits per heavy atom. The van der Waals surface area contributed by atoms with E-state index < -0.39 is 0 Å². The van der Waals surface area contributed by atoms with E-state index in [4.69, 9.17) is 12.2 Å². The molecule has 0 saturated heterocycles. The maximum atomic E-state index is 5.38. The highest BCUT2D eigenvalue weighted by Gasteiger charge is 2.39. The minimum Gasteiger partial charge on any atom is -0.360 e. The van der Waals surface area contributed by atoms with Crippen LogP contribution in [0.25, 0.3) is 0 Å². The first-order valence-corrected chi connectivity index (χ1v) is 7.30. The van der Waals surface area contributed by atoms with Gasteiger partial charge < -0.3 is 10.6 Å². The van der Waals surface area contributed by atoms with Crippen LogP contribution in [0.2, 0.25) is 0 Å². The van der Waals surface area contributed by atoms with Crippen LogP contribution in [-0.2, 0) is 6.54 Å². The van der Waals surface area contributed by atoms with Crippen molar-refractivity contribution < 1.29 is 0 Å². The fraction of sp³-hybridized carbons (Fsp3) is 0.533. The summed E-state index contributed by atoms with van der Waals surface area (Å²) in [5, 5.41) is 7.62.